The fourth-order valence-electron chi connectivity index (χ4n) is 3.51. The van der Waals surface area contributed by atoms with Gasteiger partial charge in [-0.3, -0.25) is 10.1 Å². The number of aryl methyl sites for hydroxylation is 2. The standard InChI is InChI=1S/C23H25N3O4S2/c1-3-17-8-9-19(14-21(17)32(28,29)26-10-12-30-13-11-26)22(27)25-23-24-20(15-31-23)18-6-4-16(2)5-7-18/h4-9,14-15H,3,10-13H2,1-2H3,(H,24,25,27). The van der Waals surface area contributed by atoms with Crippen LogP contribution in [0.25, 0.3) is 11.3 Å². The second kappa shape index (κ2) is 9.50. The normalized spacial score (nSPS) is 14.9. The molecule has 0 radical (unpaired) electrons. The Labute approximate surface area is 192 Å². The molecule has 32 heavy (non-hydrogen) atoms. The van der Waals surface area contributed by atoms with Crippen LogP contribution < -0.4 is 5.32 Å². The Bertz CT molecular complexity index is 1210. The quantitative estimate of drug-likeness (QED) is 0.588. The fourth-order valence-corrected chi connectivity index (χ4v) is 5.95. The predicted octanol–water partition coefficient (Wildman–Crippen LogP) is 3.95. The summed E-state index contributed by atoms with van der Waals surface area (Å²) in [6, 6.07) is 12.8. The van der Waals surface area contributed by atoms with E-state index in [1.54, 1.807) is 12.1 Å². The molecule has 0 unspecified atom stereocenters. The van der Waals surface area contributed by atoms with Crippen LogP contribution in [-0.4, -0.2) is 49.9 Å². The van der Waals surface area contributed by atoms with Gasteiger partial charge in [-0.25, -0.2) is 13.4 Å². The molecule has 2 heterocycles. The number of carbonyl (C=O) groups excluding carboxylic acids is 1. The Hall–Kier alpha value is -2.59. The van der Waals surface area contributed by atoms with Crippen LogP contribution in [0.4, 0.5) is 5.13 Å². The van der Waals surface area contributed by atoms with Crippen molar-refractivity contribution in [2.45, 2.75) is 25.2 Å². The summed E-state index contributed by atoms with van der Waals surface area (Å²) >= 11 is 1.33. The van der Waals surface area contributed by atoms with Gasteiger partial charge in [-0.15, -0.1) is 11.3 Å². The van der Waals surface area contributed by atoms with Crippen molar-refractivity contribution in [2.75, 3.05) is 31.6 Å². The zero-order valence-electron chi connectivity index (χ0n) is 18.0. The molecule has 1 fully saturated rings. The number of benzene rings is 2. The lowest BCUT2D eigenvalue weighted by Gasteiger charge is -2.27. The van der Waals surface area contributed by atoms with Crippen molar-refractivity contribution in [1.82, 2.24) is 9.29 Å². The van der Waals surface area contributed by atoms with Crippen LogP contribution in [0.5, 0.6) is 0 Å². The van der Waals surface area contributed by atoms with E-state index >= 15 is 0 Å². The Balaban J connectivity index is 1.57. The molecule has 1 N–H and O–H groups in total. The maximum atomic E-state index is 13.2. The molecule has 1 aliphatic rings. The first-order valence-corrected chi connectivity index (χ1v) is 12.7. The number of hydrogen-bond acceptors (Lipinski definition) is 6. The van der Waals surface area contributed by atoms with Crippen LogP contribution in [0.1, 0.15) is 28.4 Å². The molecule has 3 aromatic rings. The van der Waals surface area contributed by atoms with Gasteiger partial charge >= 0.3 is 0 Å². The zero-order chi connectivity index (χ0) is 22.7. The van der Waals surface area contributed by atoms with Gasteiger partial charge in [-0.1, -0.05) is 42.8 Å². The average molecular weight is 472 g/mol. The summed E-state index contributed by atoms with van der Waals surface area (Å²) in [6.45, 7) is 5.28. The molecule has 0 saturated carbocycles. The Morgan fingerprint density at radius 1 is 1.16 bits per heavy atom. The van der Waals surface area contributed by atoms with Crippen molar-refractivity contribution < 1.29 is 17.9 Å². The molecule has 2 aromatic carbocycles. The summed E-state index contributed by atoms with van der Waals surface area (Å²) < 4.78 is 33.1. The van der Waals surface area contributed by atoms with E-state index < -0.39 is 15.9 Å². The van der Waals surface area contributed by atoms with Crippen LogP contribution in [-0.2, 0) is 21.2 Å². The molecule has 1 amide bonds. The predicted molar refractivity (Wildman–Crippen MR) is 126 cm³/mol. The van der Waals surface area contributed by atoms with Crippen molar-refractivity contribution in [3.05, 3.63) is 64.5 Å². The van der Waals surface area contributed by atoms with Gasteiger partial charge < -0.3 is 4.74 Å². The number of nitrogens with one attached hydrogen (secondary N) is 1. The minimum atomic E-state index is -3.71. The van der Waals surface area contributed by atoms with Gasteiger partial charge in [0.1, 0.15) is 0 Å². The maximum Gasteiger partial charge on any atom is 0.257 e. The Morgan fingerprint density at radius 3 is 2.56 bits per heavy atom. The number of anilines is 1. The van der Waals surface area contributed by atoms with Gasteiger partial charge in [0.15, 0.2) is 5.13 Å². The van der Waals surface area contributed by atoms with Crippen LogP contribution in [0.2, 0.25) is 0 Å². The fraction of sp³-hybridized carbons (Fsp3) is 0.304. The number of nitrogens with zero attached hydrogens (tertiary/aromatic N) is 2. The number of ether oxygens (including phenoxy) is 1. The topological polar surface area (TPSA) is 88.6 Å². The first-order valence-electron chi connectivity index (χ1n) is 10.4. The van der Waals surface area contributed by atoms with Crippen molar-refractivity contribution in [1.29, 1.82) is 0 Å². The number of rotatable bonds is 6. The highest BCUT2D eigenvalue weighted by Gasteiger charge is 2.29. The summed E-state index contributed by atoms with van der Waals surface area (Å²) in [5, 5.41) is 5.14. The lowest BCUT2D eigenvalue weighted by Crippen LogP contribution is -2.41. The summed E-state index contributed by atoms with van der Waals surface area (Å²) in [5.74, 6) is -0.393. The van der Waals surface area contributed by atoms with Gasteiger partial charge in [0.2, 0.25) is 10.0 Å². The molecule has 9 heteroatoms. The lowest BCUT2D eigenvalue weighted by atomic mass is 10.1. The molecule has 0 spiro atoms. The number of thiazole rings is 1. The summed E-state index contributed by atoms with van der Waals surface area (Å²) in [5.41, 5.74) is 3.88. The van der Waals surface area contributed by atoms with E-state index in [0.717, 1.165) is 16.8 Å². The van der Waals surface area contributed by atoms with E-state index in [9.17, 15) is 13.2 Å². The van der Waals surface area contributed by atoms with Crippen molar-refractivity contribution >= 4 is 32.4 Å². The van der Waals surface area contributed by atoms with Crippen molar-refractivity contribution in [2.24, 2.45) is 0 Å². The minimum Gasteiger partial charge on any atom is -0.379 e. The van der Waals surface area contributed by atoms with Gasteiger partial charge in [0, 0.05) is 29.6 Å². The van der Waals surface area contributed by atoms with Crippen LogP contribution >= 0.6 is 11.3 Å². The first-order chi connectivity index (χ1) is 15.4. The second-order valence-corrected chi connectivity index (χ2v) is 10.3. The van der Waals surface area contributed by atoms with Gasteiger partial charge in [0.05, 0.1) is 23.8 Å². The molecule has 4 rings (SSSR count). The molecular formula is C23H25N3O4S2. The maximum absolute atomic E-state index is 13.2. The Morgan fingerprint density at radius 2 is 1.88 bits per heavy atom. The largest absolute Gasteiger partial charge is 0.379 e. The third kappa shape index (κ3) is 4.75. The highest BCUT2D eigenvalue weighted by molar-refractivity contribution is 7.89. The van der Waals surface area contributed by atoms with E-state index in [1.807, 2.05) is 43.5 Å². The number of sulfonamides is 1. The average Bonchev–Trinajstić information content (AvgIpc) is 3.28. The third-order valence-electron chi connectivity index (χ3n) is 5.37. The molecule has 0 aliphatic carbocycles. The summed E-state index contributed by atoms with van der Waals surface area (Å²) in [7, 11) is -3.71. The molecule has 0 bridgehead atoms. The summed E-state index contributed by atoms with van der Waals surface area (Å²) in [6.07, 6.45) is 0.549. The van der Waals surface area contributed by atoms with E-state index in [1.165, 1.54) is 21.7 Å². The Kier molecular flexibility index (Phi) is 6.71. The number of hydrogen-bond donors (Lipinski definition) is 1. The first kappa shape index (κ1) is 22.6. The molecule has 1 saturated heterocycles. The van der Waals surface area contributed by atoms with E-state index in [0.29, 0.717) is 43.4 Å². The molecule has 1 aliphatic heterocycles. The van der Waals surface area contributed by atoms with Crippen molar-refractivity contribution in [3.63, 3.8) is 0 Å². The van der Waals surface area contributed by atoms with Crippen LogP contribution in [0.3, 0.4) is 0 Å². The number of carbonyl (C=O) groups is 1. The molecule has 0 atom stereocenters. The number of amides is 1. The van der Waals surface area contributed by atoms with Gasteiger partial charge in [-0.05, 0) is 31.0 Å². The van der Waals surface area contributed by atoms with Crippen molar-refractivity contribution in [3.8, 4) is 11.3 Å². The summed E-state index contributed by atoms with van der Waals surface area (Å²) in [4.78, 5) is 17.6. The molecule has 7 nitrogen and oxygen atoms in total. The number of morpholine rings is 1. The highest BCUT2D eigenvalue weighted by Crippen LogP contribution is 2.27. The minimum absolute atomic E-state index is 0.175. The lowest BCUT2D eigenvalue weighted by molar-refractivity contribution is 0.0730. The molecule has 1 aromatic heterocycles. The highest BCUT2D eigenvalue weighted by atomic mass is 32.2. The van der Waals surface area contributed by atoms with Gasteiger partial charge in [0.25, 0.3) is 5.91 Å². The van der Waals surface area contributed by atoms with Crippen LogP contribution in [0.15, 0.2) is 52.7 Å². The van der Waals surface area contributed by atoms with E-state index in [2.05, 4.69) is 10.3 Å². The van der Waals surface area contributed by atoms with Crippen LogP contribution in [0, 0.1) is 6.92 Å². The zero-order valence-corrected chi connectivity index (χ0v) is 19.6. The third-order valence-corrected chi connectivity index (χ3v) is 8.11. The van der Waals surface area contributed by atoms with E-state index in [-0.39, 0.29) is 10.5 Å². The van der Waals surface area contributed by atoms with Gasteiger partial charge in [-0.2, -0.15) is 4.31 Å². The smallest absolute Gasteiger partial charge is 0.257 e. The molecule has 168 valence electrons. The second-order valence-electron chi connectivity index (χ2n) is 7.55. The monoisotopic (exact) mass is 471 g/mol. The van der Waals surface area contributed by atoms with E-state index in [4.69, 9.17) is 4.74 Å². The SMILES string of the molecule is CCc1ccc(C(=O)Nc2nc(-c3ccc(C)cc3)cs2)cc1S(=O)(=O)N1CCOCC1. The number of aromatic nitrogens is 1. The molecular weight excluding hydrogens is 446 g/mol.